The first-order valence-corrected chi connectivity index (χ1v) is 5.21. The van der Waals surface area contributed by atoms with Crippen LogP contribution in [0.2, 0.25) is 0 Å². The van der Waals surface area contributed by atoms with Gasteiger partial charge >= 0.3 is 0 Å². The Morgan fingerprint density at radius 2 is 2.00 bits per heavy atom. The van der Waals surface area contributed by atoms with Crippen LogP contribution in [0.25, 0.3) is 11.4 Å². The van der Waals surface area contributed by atoms with Crippen LogP contribution in [0, 0.1) is 0 Å². The van der Waals surface area contributed by atoms with Crippen molar-refractivity contribution in [2.45, 2.75) is 6.54 Å². The summed E-state index contributed by atoms with van der Waals surface area (Å²) in [5, 5.41) is 2.33. The van der Waals surface area contributed by atoms with E-state index in [9.17, 15) is 0 Å². The van der Waals surface area contributed by atoms with Gasteiger partial charge in [0.05, 0.1) is 23.1 Å². The van der Waals surface area contributed by atoms with E-state index in [-0.39, 0.29) is 0 Å². The number of pyridine rings is 2. The standard InChI is InChI=1S/C12H9N3S/c16-9-13-7-10-4-5-12(15-8-10)11-3-1-2-6-14-11/h1-6,8H,7H2. The van der Waals surface area contributed by atoms with Gasteiger partial charge in [-0.2, -0.15) is 0 Å². The number of hydrogen-bond donors (Lipinski definition) is 0. The van der Waals surface area contributed by atoms with Crippen molar-refractivity contribution < 1.29 is 0 Å². The molecule has 0 radical (unpaired) electrons. The summed E-state index contributed by atoms with van der Waals surface area (Å²) in [4.78, 5) is 12.4. The molecule has 0 amide bonds. The van der Waals surface area contributed by atoms with Crippen molar-refractivity contribution >= 4 is 17.4 Å². The normalized spacial score (nSPS) is 9.50. The molecule has 0 saturated carbocycles. The van der Waals surface area contributed by atoms with E-state index in [1.54, 1.807) is 12.4 Å². The third kappa shape index (κ3) is 2.57. The first-order chi connectivity index (χ1) is 7.90. The van der Waals surface area contributed by atoms with Gasteiger partial charge < -0.3 is 0 Å². The molecule has 0 spiro atoms. The van der Waals surface area contributed by atoms with Gasteiger partial charge in [-0.15, -0.1) is 0 Å². The van der Waals surface area contributed by atoms with Crippen LogP contribution < -0.4 is 0 Å². The molecular weight excluding hydrogens is 218 g/mol. The maximum absolute atomic E-state index is 4.51. The topological polar surface area (TPSA) is 38.1 Å². The van der Waals surface area contributed by atoms with Gasteiger partial charge in [-0.05, 0) is 36.0 Å². The third-order valence-corrected chi connectivity index (χ3v) is 2.21. The third-order valence-electron chi connectivity index (χ3n) is 2.08. The maximum Gasteiger partial charge on any atom is 0.0886 e. The summed E-state index contributed by atoms with van der Waals surface area (Å²) in [7, 11) is 0. The lowest BCUT2D eigenvalue weighted by Gasteiger charge is -2.00. The molecule has 2 heterocycles. The molecule has 2 rings (SSSR count). The molecule has 78 valence electrons. The Morgan fingerprint density at radius 3 is 2.62 bits per heavy atom. The molecule has 2 aromatic heterocycles. The summed E-state index contributed by atoms with van der Waals surface area (Å²) in [6, 6.07) is 9.64. The SMILES string of the molecule is S=C=NCc1ccc(-c2ccccn2)nc1. The Labute approximate surface area is 98.9 Å². The quantitative estimate of drug-likeness (QED) is 0.597. The van der Waals surface area contributed by atoms with Crippen LogP contribution >= 0.6 is 12.2 Å². The van der Waals surface area contributed by atoms with Gasteiger partial charge in [0.1, 0.15) is 0 Å². The Hall–Kier alpha value is -1.90. The Morgan fingerprint density at radius 1 is 1.12 bits per heavy atom. The lowest BCUT2D eigenvalue weighted by Crippen LogP contribution is -1.88. The molecular formula is C12H9N3S. The summed E-state index contributed by atoms with van der Waals surface area (Å²) in [5.41, 5.74) is 2.74. The number of aliphatic imine (C=N–C) groups is 1. The molecule has 4 heteroatoms. The van der Waals surface area contributed by atoms with Gasteiger partial charge in [0.25, 0.3) is 0 Å². The molecule has 0 saturated heterocycles. The molecule has 0 fully saturated rings. The first kappa shape index (κ1) is 10.6. The first-order valence-electron chi connectivity index (χ1n) is 4.80. The zero-order valence-corrected chi connectivity index (χ0v) is 9.31. The van der Waals surface area contributed by atoms with Crippen LogP contribution in [-0.2, 0) is 6.54 Å². The zero-order chi connectivity index (χ0) is 11.2. The minimum atomic E-state index is 0.527. The summed E-state index contributed by atoms with van der Waals surface area (Å²) in [6.07, 6.45) is 3.53. The molecule has 0 aliphatic heterocycles. The molecule has 3 nitrogen and oxygen atoms in total. The fraction of sp³-hybridized carbons (Fsp3) is 0.0833. The number of isothiocyanates is 1. The lowest BCUT2D eigenvalue weighted by molar-refractivity contribution is 1.06. The predicted molar refractivity (Wildman–Crippen MR) is 66.2 cm³/mol. The van der Waals surface area contributed by atoms with Crippen LogP contribution in [0.15, 0.2) is 47.7 Å². The second-order valence-corrected chi connectivity index (χ2v) is 3.36. The Bertz CT molecular complexity index is 502. The van der Waals surface area contributed by atoms with Gasteiger partial charge in [-0.1, -0.05) is 12.1 Å². The number of hydrogen-bond acceptors (Lipinski definition) is 4. The second-order valence-electron chi connectivity index (χ2n) is 3.17. The highest BCUT2D eigenvalue weighted by Crippen LogP contribution is 2.13. The van der Waals surface area contributed by atoms with E-state index in [1.807, 2.05) is 30.3 Å². The van der Waals surface area contributed by atoms with Gasteiger partial charge in [-0.25, -0.2) is 4.99 Å². The highest BCUT2D eigenvalue weighted by atomic mass is 32.1. The summed E-state index contributed by atoms with van der Waals surface area (Å²) >= 11 is 4.51. The monoisotopic (exact) mass is 227 g/mol. The zero-order valence-electron chi connectivity index (χ0n) is 8.50. The van der Waals surface area contributed by atoms with E-state index in [0.717, 1.165) is 17.0 Å². The Balaban J connectivity index is 2.23. The average Bonchev–Trinajstić information content (AvgIpc) is 2.38. The van der Waals surface area contributed by atoms with Crippen molar-refractivity contribution in [3.8, 4) is 11.4 Å². The van der Waals surface area contributed by atoms with Crippen molar-refractivity contribution in [3.05, 3.63) is 48.3 Å². The van der Waals surface area contributed by atoms with Crippen LogP contribution in [0.5, 0.6) is 0 Å². The van der Waals surface area contributed by atoms with Crippen molar-refractivity contribution in [3.63, 3.8) is 0 Å². The number of rotatable bonds is 3. The summed E-state index contributed by atoms with van der Waals surface area (Å²) in [6.45, 7) is 0.527. The smallest absolute Gasteiger partial charge is 0.0886 e. The minimum Gasteiger partial charge on any atom is -0.255 e. The van der Waals surface area contributed by atoms with Gasteiger partial charge in [0.2, 0.25) is 0 Å². The maximum atomic E-state index is 4.51. The number of nitrogens with zero attached hydrogens (tertiary/aromatic N) is 3. The molecule has 16 heavy (non-hydrogen) atoms. The summed E-state index contributed by atoms with van der Waals surface area (Å²) in [5.74, 6) is 0. The van der Waals surface area contributed by atoms with Gasteiger partial charge in [0.15, 0.2) is 0 Å². The fourth-order valence-corrected chi connectivity index (χ4v) is 1.37. The largest absolute Gasteiger partial charge is 0.255 e. The van der Waals surface area contributed by atoms with E-state index in [2.05, 4.69) is 32.3 Å². The lowest BCUT2D eigenvalue weighted by atomic mass is 10.2. The number of thiocarbonyl (C=S) groups is 1. The van der Waals surface area contributed by atoms with E-state index in [4.69, 9.17) is 0 Å². The number of aromatic nitrogens is 2. The molecule has 0 aromatic carbocycles. The minimum absolute atomic E-state index is 0.527. The van der Waals surface area contributed by atoms with Gasteiger partial charge in [-0.3, -0.25) is 9.97 Å². The Kier molecular flexibility index (Phi) is 3.49. The summed E-state index contributed by atoms with van der Waals surface area (Å²) < 4.78 is 0. The molecule has 0 N–H and O–H groups in total. The molecule has 0 bridgehead atoms. The van der Waals surface area contributed by atoms with Crippen molar-refractivity contribution in [2.24, 2.45) is 4.99 Å². The molecule has 2 aromatic rings. The fourth-order valence-electron chi connectivity index (χ4n) is 1.31. The van der Waals surface area contributed by atoms with Crippen molar-refractivity contribution in [1.29, 1.82) is 0 Å². The molecule has 0 aliphatic carbocycles. The van der Waals surface area contributed by atoms with E-state index in [0.29, 0.717) is 6.54 Å². The van der Waals surface area contributed by atoms with E-state index < -0.39 is 0 Å². The highest BCUT2D eigenvalue weighted by Gasteiger charge is 1.99. The van der Waals surface area contributed by atoms with E-state index >= 15 is 0 Å². The average molecular weight is 227 g/mol. The van der Waals surface area contributed by atoms with Crippen molar-refractivity contribution in [1.82, 2.24) is 9.97 Å². The van der Waals surface area contributed by atoms with Crippen LogP contribution in [0.1, 0.15) is 5.56 Å². The van der Waals surface area contributed by atoms with Crippen LogP contribution in [-0.4, -0.2) is 15.1 Å². The van der Waals surface area contributed by atoms with Crippen LogP contribution in [0.4, 0.5) is 0 Å². The second kappa shape index (κ2) is 5.26. The highest BCUT2D eigenvalue weighted by molar-refractivity contribution is 7.78. The molecule has 0 aliphatic rings. The predicted octanol–water partition coefficient (Wildman–Crippen LogP) is 2.75. The molecule has 0 atom stereocenters. The molecule has 0 unspecified atom stereocenters. The van der Waals surface area contributed by atoms with Crippen LogP contribution in [0.3, 0.4) is 0 Å². The van der Waals surface area contributed by atoms with Gasteiger partial charge in [0, 0.05) is 12.4 Å². The van der Waals surface area contributed by atoms with E-state index in [1.165, 1.54) is 0 Å². The van der Waals surface area contributed by atoms with Crippen molar-refractivity contribution in [2.75, 3.05) is 0 Å².